The van der Waals surface area contributed by atoms with Crippen molar-refractivity contribution >= 4 is 5.91 Å². The van der Waals surface area contributed by atoms with Gasteiger partial charge in [0, 0.05) is 12.0 Å². The molecule has 3 rings (SSSR count). The van der Waals surface area contributed by atoms with Crippen molar-refractivity contribution in [3.05, 3.63) is 61.8 Å². The van der Waals surface area contributed by atoms with Crippen molar-refractivity contribution in [3.63, 3.8) is 0 Å². The number of H-pyrrole nitrogens is 1. The lowest BCUT2D eigenvalue weighted by Crippen LogP contribution is -2.30. The Bertz CT molecular complexity index is 849. The molecular formula is C16H17N3O4. The summed E-state index contributed by atoms with van der Waals surface area (Å²) in [6, 6.07) is 3.06. The fraction of sp³-hybridized carbons (Fsp3) is 0.375. The summed E-state index contributed by atoms with van der Waals surface area (Å²) in [6.07, 6.45) is 4.43. The zero-order chi connectivity index (χ0) is 16.4. The summed E-state index contributed by atoms with van der Waals surface area (Å²) in [5.41, 5.74) is 0.0840. The summed E-state index contributed by atoms with van der Waals surface area (Å²) in [5.74, 6) is 0.420. The van der Waals surface area contributed by atoms with Crippen LogP contribution >= 0.6 is 0 Å². The van der Waals surface area contributed by atoms with Crippen LogP contribution in [0.3, 0.4) is 0 Å². The highest BCUT2D eigenvalue weighted by atomic mass is 16.4. The lowest BCUT2D eigenvalue weighted by molar-refractivity contribution is 0.0945. The highest BCUT2D eigenvalue weighted by molar-refractivity contribution is 5.95. The first-order valence-corrected chi connectivity index (χ1v) is 7.51. The summed E-state index contributed by atoms with van der Waals surface area (Å²) in [5, 5.41) is 2.59. The molecule has 0 atom stereocenters. The van der Waals surface area contributed by atoms with Crippen LogP contribution in [-0.2, 0) is 6.54 Å². The lowest BCUT2D eigenvalue weighted by atomic mass is 9.83. The van der Waals surface area contributed by atoms with Crippen LogP contribution in [0.4, 0.5) is 0 Å². The minimum atomic E-state index is -0.622. The molecule has 0 spiro atoms. The predicted octanol–water partition coefficient (Wildman–Crippen LogP) is 1.23. The Kier molecular flexibility index (Phi) is 4.10. The molecule has 2 N–H and O–H groups in total. The standard InChI is InChI=1S/C16H17N3O4/c1-9-5-12(10-3-2-4-10)23-16(22)14(9)15(21)17-7-11-6-13(20)19-8-18-11/h5-6,8,10H,2-4,7H2,1H3,(H,17,21)(H,18,19,20). The molecule has 1 aliphatic carbocycles. The highest BCUT2D eigenvalue weighted by Crippen LogP contribution is 2.36. The number of carbonyl (C=O) groups excluding carboxylic acids is 1. The number of aromatic amines is 1. The maximum absolute atomic E-state index is 12.2. The fourth-order valence-electron chi connectivity index (χ4n) is 2.56. The second kappa shape index (κ2) is 6.20. The van der Waals surface area contributed by atoms with Gasteiger partial charge in [0.15, 0.2) is 0 Å². The molecule has 0 saturated heterocycles. The Morgan fingerprint density at radius 2 is 2.17 bits per heavy atom. The average molecular weight is 315 g/mol. The van der Waals surface area contributed by atoms with E-state index in [0.717, 1.165) is 19.3 Å². The number of nitrogens with one attached hydrogen (secondary N) is 2. The third-order valence-electron chi connectivity index (χ3n) is 4.07. The molecule has 0 bridgehead atoms. The second-order valence-corrected chi connectivity index (χ2v) is 5.71. The largest absolute Gasteiger partial charge is 0.427 e. The molecule has 1 aliphatic rings. The Balaban J connectivity index is 1.76. The van der Waals surface area contributed by atoms with E-state index in [2.05, 4.69) is 15.3 Å². The molecule has 1 saturated carbocycles. The van der Waals surface area contributed by atoms with E-state index < -0.39 is 11.5 Å². The summed E-state index contributed by atoms with van der Waals surface area (Å²) in [6.45, 7) is 1.78. The molecule has 120 valence electrons. The van der Waals surface area contributed by atoms with Gasteiger partial charge in [-0.05, 0) is 31.4 Å². The molecule has 0 radical (unpaired) electrons. The summed E-state index contributed by atoms with van der Waals surface area (Å²) < 4.78 is 5.30. The van der Waals surface area contributed by atoms with Gasteiger partial charge in [-0.2, -0.15) is 0 Å². The fourth-order valence-corrected chi connectivity index (χ4v) is 2.56. The molecule has 1 fully saturated rings. The van der Waals surface area contributed by atoms with Crippen molar-refractivity contribution in [2.24, 2.45) is 0 Å². The molecule has 0 unspecified atom stereocenters. The zero-order valence-corrected chi connectivity index (χ0v) is 12.7. The molecule has 2 aromatic heterocycles. The van der Waals surface area contributed by atoms with Gasteiger partial charge in [0.1, 0.15) is 11.3 Å². The van der Waals surface area contributed by atoms with Crippen LogP contribution in [0.15, 0.2) is 32.5 Å². The van der Waals surface area contributed by atoms with E-state index in [-0.39, 0.29) is 17.7 Å². The van der Waals surface area contributed by atoms with Crippen molar-refractivity contribution in [2.75, 3.05) is 0 Å². The van der Waals surface area contributed by atoms with Gasteiger partial charge in [-0.25, -0.2) is 9.78 Å². The first-order valence-electron chi connectivity index (χ1n) is 7.51. The average Bonchev–Trinajstić information content (AvgIpc) is 2.42. The van der Waals surface area contributed by atoms with Gasteiger partial charge in [-0.15, -0.1) is 0 Å². The van der Waals surface area contributed by atoms with Crippen LogP contribution in [0, 0.1) is 6.92 Å². The van der Waals surface area contributed by atoms with Gasteiger partial charge < -0.3 is 14.7 Å². The van der Waals surface area contributed by atoms with Gasteiger partial charge in [0.05, 0.1) is 18.6 Å². The molecule has 0 aromatic carbocycles. The lowest BCUT2D eigenvalue weighted by Gasteiger charge is -2.24. The van der Waals surface area contributed by atoms with Crippen molar-refractivity contribution in [1.29, 1.82) is 0 Å². The molecular weight excluding hydrogens is 298 g/mol. The van der Waals surface area contributed by atoms with Crippen LogP contribution in [0.5, 0.6) is 0 Å². The van der Waals surface area contributed by atoms with Gasteiger partial charge in [0.25, 0.3) is 11.5 Å². The van der Waals surface area contributed by atoms with E-state index in [9.17, 15) is 14.4 Å². The van der Waals surface area contributed by atoms with E-state index in [1.807, 2.05) is 0 Å². The van der Waals surface area contributed by atoms with E-state index in [1.54, 1.807) is 13.0 Å². The Labute approximate surface area is 131 Å². The minimum Gasteiger partial charge on any atom is -0.427 e. The Morgan fingerprint density at radius 1 is 1.39 bits per heavy atom. The van der Waals surface area contributed by atoms with Crippen molar-refractivity contribution in [2.45, 2.75) is 38.6 Å². The Hall–Kier alpha value is -2.70. The third kappa shape index (κ3) is 3.23. The molecule has 2 aromatic rings. The smallest absolute Gasteiger partial charge is 0.349 e. The number of hydrogen-bond acceptors (Lipinski definition) is 5. The van der Waals surface area contributed by atoms with Gasteiger partial charge in [-0.1, -0.05) is 6.42 Å². The van der Waals surface area contributed by atoms with Crippen molar-refractivity contribution in [3.8, 4) is 0 Å². The van der Waals surface area contributed by atoms with Crippen LogP contribution in [0.2, 0.25) is 0 Å². The number of carbonyl (C=O) groups is 1. The number of rotatable bonds is 4. The third-order valence-corrected chi connectivity index (χ3v) is 4.07. The number of aromatic nitrogens is 2. The maximum Gasteiger partial charge on any atom is 0.349 e. The van der Waals surface area contributed by atoms with Gasteiger partial charge >= 0.3 is 5.63 Å². The molecule has 7 heteroatoms. The Morgan fingerprint density at radius 3 is 2.78 bits per heavy atom. The van der Waals surface area contributed by atoms with E-state index >= 15 is 0 Å². The van der Waals surface area contributed by atoms with E-state index in [1.165, 1.54) is 12.4 Å². The van der Waals surface area contributed by atoms with Gasteiger partial charge in [0.2, 0.25) is 0 Å². The first kappa shape index (κ1) is 15.2. The number of amides is 1. The topological polar surface area (TPSA) is 105 Å². The van der Waals surface area contributed by atoms with E-state index in [0.29, 0.717) is 22.9 Å². The minimum absolute atomic E-state index is 0.00193. The van der Waals surface area contributed by atoms with Crippen LogP contribution in [0.25, 0.3) is 0 Å². The van der Waals surface area contributed by atoms with Crippen molar-refractivity contribution in [1.82, 2.24) is 15.3 Å². The normalized spacial score (nSPS) is 14.3. The molecule has 7 nitrogen and oxygen atoms in total. The summed E-state index contributed by atoms with van der Waals surface area (Å²) in [7, 11) is 0. The highest BCUT2D eigenvalue weighted by Gasteiger charge is 2.25. The summed E-state index contributed by atoms with van der Waals surface area (Å²) in [4.78, 5) is 41.8. The maximum atomic E-state index is 12.2. The quantitative estimate of drug-likeness (QED) is 0.883. The summed E-state index contributed by atoms with van der Waals surface area (Å²) >= 11 is 0. The molecule has 2 heterocycles. The second-order valence-electron chi connectivity index (χ2n) is 5.71. The number of hydrogen-bond donors (Lipinski definition) is 2. The zero-order valence-electron chi connectivity index (χ0n) is 12.7. The van der Waals surface area contributed by atoms with Crippen LogP contribution in [0.1, 0.15) is 52.6 Å². The molecule has 0 aliphatic heterocycles. The molecule has 1 amide bonds. The SMILES string of the molecule is Cc1cc(C2CCC2)oc(=O)c1C(=O)NCc1cc(=O)[nH]cn1. The van der Waals surface area contributed by atoms with Crippen LogP contribution < -0.4 is 16.5 Å². The monoisotopic (exact) mass is 315 g/mol. The van der Waals surface area contributed by atoms with Gasteiger partial charge in [-0.3, -0.25) is 9.59 Å². The molecule has 23 heavy (non-hydrogen) atoms. The van der Waals surface area contributed by atoms with Crippen molar-refractivity contribution < 1.29 is 9.21 Å². The number of aryl methyl sites for hydroxylation is 1. The number of nitrogens with zero attached hydrogens (tertiary/aromatic N) is 1. The first-order chi connectivity index (χ1) is 11.0. The van der Waals surface area contributed by atoms with Crippen LogP contribution in [-0.4, -0.2) is 15.9 Å². The van der Waals surface area contributed by atoms with E-state index in [4.69, 9.17) is 4.42 Å². The predicted molar refractivity (Wildman–Crippen MR) is 82.3 cm³/mol.